The fourth-order valence-corrected chi connectivity index (χ4v) is 3.09. The maximum Gasteiger partial charge on any atom is 0.249 e. The Kier molecular flexibility index (Phi) is 3.88. The molecule has 1 aliphatic heterocycles. The zero-order valence-electron chi connectivity index (χ0n) is 12.5. The Bertz CT molecular complexity index is 376. The number of nitrogens with zero attached hydrogens (tertiary/aromatic N) is 1. The van der Waals surface area contributed by atoms with Crippen molar-refractivity contribution in [3.63, 3.8) is 0 Å². The summed E-state index contributed by atoms with van der Waals surface area (Å²) in [4.78, 5) is 27.0. The molecule has 4 heteroatoms. The summed E-state index contributed by atoms with van der Waals surface area (Å²) in [6.45, 7) is 8.83. The van der Waals surface area contributed by atoms with Crippen LogP contribution < -0.4 is 5.32 Å². The van der Waals surface area contributed by atoms with Gasteiger partial charge in [-0.25, -0.2) is 0 Å². The average Bonchev–Trinajstić information content (AvgIpc) is 3.14. The minimum atomic E-state index is -0.653. The van der Waals surface area contributed by atoms with Gasteiger partial charge in [-0.1, -0.05) is 20.8 Å². The minimum Gasteiger partial charge on any atom is -0.340 e. The average molecular weight is 266 g/mol. The zero-order valence-corrected chi connectivity index (χ0v) is 12.5. The lowest BCUT2D eigenvalue weighted by Gasteiger charge is -2.45. The molecule has 4 nitrogen and oxygen atoms in total. The van der Waals surface area contributed by atoms with E-state index >= 15 is 0 Å². The number of hydrogen-bond acceptors (Lipinski definition) is 2. The quantitative estimate of drug-likeness (QED) is 0.826. The zero-order chi connectivity index (χ0) is 14.2. The van der Waals surface area contributed by atoms with Crippen LogP contribution in [0.15, 0.2) is 0 Å². The number of piperazine rings is 1. The van der Waals surface area contributed by atoms with Crippen LogP contribution in [0.3, 0.4) is 0 Å². The first-order valence-electron chi connectivity index (χ1n) is 7.53. The third kappa shape index (κ3) is 2.63. The van der Waals surface area contributed by atoms with Gasteiger partial charge in [-0.15, -0.1) is 0 Å². The van der Waals surface area contributed by atoms with Gasteiger partial charge in [-0.05, 0) is 44.4 Å². The van der Waals surface area contributed by atoms with Gasteiger partial charge in [0, 0.05) is 6.54 Å². The number of nitrogens with one attached hydrogen (secondary N) is 1. The van der Waals surface area contributed by atoms with Crippen LogP contribution in [-0.4, -0.2) is 34.8 Å². The first-order chi connectivity index (χ1) is 8.90. The molecule has 19 heavy (non-hydrogen) atoms. The SMILES string of the molecule is CCCN1C(=O)C(C)(C2CC2)NC(=O)C1CC(C)C. The van der Waals surface area contributed by atoms with Gasteiger partial charge in [-0.2, -0.15) is 0 Å². The Morgan fingerprint density at radius 2 is 2.00 bits per heavy atom. The van der Waals surface area contributed by atoms with Crippen LogP contribution >= 0.6 is 0 Å². The predicted octanol–water partition coefficient (Wildman–Crippen LogP) is 1.94. The van der Waals surface area contributed by atoms with Crippen molar-refractivity contribution in [1.82, 2.24) is 10.2 Å². The van der Waals surface area contributed by atoms with E-state index in [1.54, 1.807) is 0 Å². The molecule has 0 aromatic heterocycles. The smallest absolute Gasteiger partial charge is 0.249 e. The molecule has 1 heterocycles. The van der Waals surface area contributed by atoms with E-state index in [-0.39, 0.29) is 17.9 Å². The van der Waals surface area contributed by atoms with Crippen molar-refractivity contribution >= 4 is 11.8 Å². The van der Waals surface area contributed by atoms with Crippen LogP contribution in [0.5, 0.6) is 0 Å². The van der Waals surface area contributed by atoms with Gasteiger partial charge in [-0.3, -0.25) is 9.59 Å². The van der Waals surface area contributed by atoms with Gasteiger partial charge in [0.15, 0.2) is 0 Å². The lowest BCUT2D eigenvalue weighted by molar-refractivity contribution is -0.156. The van der Waals surface area contributed by atoms with E-state index in [9.17, 15) is 9.59 Å². The van der Waals surface area contributed by atoms with Crippen molar-refractivity contribution in [2.45, 2.75) is 65.0 Å². The number of amides is 2. The Labute approximate surface area is 115 Å². The molecule has 2 atom stereocenters. The van der Waals surface area contributed by atoms with Crippen LogP contribution in [0.2, 0.25) is 0 Å². The number of carbonyl (C=O) groups is 2. The molecule has 2 fully saturated rings. The molecule has 1 aliphatic carbocycles. The highest BCUT2D eigenvalue weighted by Crippen LogP contribution is 2.42. The second kappa shape index (κ2) is 5.14. The van der Waals surface area contributed by atoms with E-state index in [1.165, 1.54) is 0 Å². The fraction of sp³-hybridized carbons (Fsp3) is 0.867. The molecule has 0 bridgehead atoms. The third-order valence-electron chi connectivity index (χ3n) is 4.32. The topological polar surface area (TPSA) is 49.4 Å². The normalized spacial score (nSPS) is 31.8. The van der Waals surface area contributed by atoms with Crippen molar-refractivity contribution in [3.05, 3.63) is 0 Å². The molecule has 0 aromatic carbocycles. The third-order valence-corrected chi connectivity index (χ3v) is 4.32. The summed E-state index contributed by atoms with van der Waals surface area (Å²) < 4.78 is 0. The van der Waals surface area contributed by atoms with E-state index in [0.29, 0.717) is 18.4 Å². The van der Waals surface area contributed by atoms with Crippen LogP contribution in [0.4, 0.5) is 0 Å². The number of rotatable bonds is 5. The summed E-state index contributed by atoms with van der Waals surface area (Å²) >= 11 is 0. The van der Waals surface area contributed by atoms with Gasteiger partial charge >= 0.3 is 0 Å². The first-order valence-corrected chi connectivity index (χ1v) is 7.53. The summed E-state index contributed by atoms with van der Waals surface area (Å²) in [5.41, 5.74) is -0.653. The highest BCUT2D eigenvalue weighted by Gasteiger charge is 2.54. The molecular weight excluding hydrogens is 240 g/mol. The van der Waals surface area contributed by atoms with E-state index in [4.69, 9.17) is 0 Å². The molecule has 108 valence electrons. The van der Waals surface area contributed by atoms with E-state index < -0.39 is 5.54 Å². The molecule has 2 aliphatic rings. The second-order valence-electron chi connectivity index (χ2n) is 6.61. The molecule has 2 rings (SSSR count). The predicted molar refractivity (Wildman–Crippen MR) is 74.5 cm³/mol. The van der Waals surface area contributed by atoms with E-state index in [1.807, 2.05) is 11.8 Å². The molecular formula is C15H26N2O2. The fourth-order valence-electron chi connectivity index (χ4n) is 3.09. The maximum absolute atomic E-state index is 12.8. The Morgan fingerprint density at radius 1 is 1.37 bits per heavy atom. The summed E-state index contributed by atoms with van der Waals surface area (Å²) in [6.07, 6.45) is 3.75. The number of carbonyl (C=O) groups excluding carboxylic acids is 2. The Balaban J connectivity index is 2.23. The summed E-state index contributed by atoms with van der Waals surface area (Å²) in [5.74, 6) is 0.912. The summed E-state index contributed by atoms with van der Waals surface area (Å²) in [7, 11) is 0. The lowest BCUT2D eigenvalue weighted by atomic mass is 9.87. The van der Waals surface area contributed by atoms with Gasteiger partial charge < -0.3 is 10.2 Å². The minimum absolute atomic E-state index is 0.0381. The molecule has 0 spiro atoms. The van der Waals surface area contributed by atoms with Crippen molar-refractivity contribution < 1.29 is 9.59 Å². The van der Waals surface area contributed by atoms with Crippen molar-refractivity contribution in [3.8, 4) is 0 Å². The van der Waals surface area contributed by atoms with Gasteiger partial charge in [0.25, 0.3) is 0 Å². The van der Waals surface area contributed by atoms with Gasteiger partial charge in [0.05, 0.1) is 0 Å². The van der Waals surface area contributed by atoms with Crippen LogP contribution in [0.25, 0.3) is 0 Å². The molecule has 2 unspecified atom stereocenters. The molecule has 1 saturated heterocycles. The standard InChI is InChI=1S/C15H26N2O2/c1-5-8-17-12(9-10(2)3)13(18)16-15(4,14(17)19)11-6-7-11/h10-12H,5-9H2,1-4H3,(H,16,18). The highest BCUT2D eigenvalue weighted by atomic mass is 16.2. The largest absolute Gasteiger partial charge is 0.340 e. The molecule has 1 saturated carbocycles. The van der Waals surface area contributed by atoms with Gasteiger partial charge in [0.1, 0.15) is 11.6 Å². The molecule has 1 N–H and O–H groups in total. The lowest BCUT2D eigenvalue weighted by Crippen LogP contribution is -2.70. The van der Waals surface area contributed by atoms with Crippen molar-refractivity contribution in [2.75, 3.05) is 6.54 Å². The molecule has 2 amide bonds. The Morgan fingerprint density at radius 3 is 2.47 bits per heavy atom. The number of hydrogen-bond donors (Lipinski definition) is 1. The van der Waals surface area contributed by atoms with Crippen LogP contribution in [-0.2, 0) is 9.59 Å². The first kappa shape index (κ1) is 14.4. The molecule has 0 aromatic rings. The van der Waals surface area contributed by atoms with Gasteiger partial charge in [0.2, 0.25) is 11.8 Å². The van der Waals surface area contributed by atoms with Crippen LogP contribution in [0, 0.1) is 11.8 Å². The summed E-state index contributed by atoms with van der Waals surface area (Å²) in [5, 5.41) is 3.02. The monoisotopic (exact) mass is 266 g/mol. The highest BCUT2D eigenvalue weighted by molar-refractivity contribution is 6.00. The molecule has 0 radical (unpaired) electrons. The maximum atomic E-state index is 12.8. The van der Waals surface area contributed by atoms with Crippen molar-refractivity contribution in [2.24, 2.45) is 11.8 Å². The second-order valence-corrected chi connectivity index (χ2v) is 6.61. The van der Waals surface area contributed by atoms with Crippen molar-refractivity contribution in [1.29, 1.82) is 0 Å². The summed E-state index contributed by atoms with van der Waals surface area (Å²) in [6, 6.07) is -0.278. The van der Waals surface area contributed by atoms with E-state index in [0.717, 1.165) is 25.7 Å². The van der Waals surface area contributed by atoms with Crippen LogP contribution in [0.1, 0.15) is 53.4 Å². The van der Waals surface area contributed by atoms with E-state index in [2.05, 4.69) is 26.1 Å². The Hall–Kier alpha value is -1.06.